The Morgan fingerprint density at radius 3 is 2.78 bits per heavy atom. The first kappa shape index (κ1) is 17.1. The number of nitrogens with zero attached hydrogens (tertiary/aromatic N) is 1. The number of hydrogen-bond acceptors (Lipinski definition) is 4. The van der Waals surface area contributed by atoms with E-state index in [9.17, 15) is 13.6 Å². The molecule has 2 N–H and O–H groups in total. The number of urea groups is 1. The van der Waals surface area contributed by atoms with E-state index in [1.807, 2.05) is 12.3 Å². The summed E-state index contributed by atoms with van der Waals surface area (Å²) in [6.45, 7) is 2.69. The number of aromatic nitrogens is 1. The van der Waals surface area contributed by atoms with Gasteiger partial charge in [0.1, 0.15) is 12.4 Å². The van der Waals surface area contributed by atoms with Crippen LogP contribution in [0.4, 0.5) is 13.6 Å². The first-order chi connectivity index (χ1) is 11.0. The normalized spacial score (nSPS) is 10.4. The van der Waals surface area contributed by atoms with Crippen molar-refractivity contribution in [2.75, 3.05) is 19.7 Å². The van der Waals surface area contributed by atoms with Crippen molar-refractivity contribution in [2.24, 2.45) is 0 Å². The van der Waals surface area contributed by atoms with E-state index in [4.69, 9.17) is 4.74 Å². The lowest BCUT2D eigenvalue weighted by atomic mass is 10.3. The van der Waals surface area contributed by atoms with E-state index in [0.29, 0.717) is 13.0 Å². The van der Waals surface area contributed by atoms with E-state index < -0.39 is 11.6 Å². The summed E-state index contributed by atoms with van der Waals surface area (Å²) in [5, 5.41) is 8.21. The number of thiazole rings is 1. The van der Waals surface area contributed by atoms with Gasteiger partial charge in [-0.2, -0.15) is 0 Å². The number of halogens is 2. The van der Waals surface area contributed by atoms with Gasteiger partial charge in [-0.1, -0.05) is 0 Å². The molecule has 0 saturated heterocycles. The van der Waals surface area contributed by atoms with Crippen LogP contribution in [0, 0.1) is 18.6 Å². The highest BCUT2D eigenvalue weighted by atomic mass is 32.1. The van der Waals surface area contributed by atoms with Crippen molar-refractivity contribution < 1.29 is 18.3 Å². The molecule has 2 rings (SSSR count). The molecule has 0 aliphatic carbocycles. The van der Waals surface area contributed by atoms with Crippen molar-refractivity contribution in [3.8, 4) is 5.75 Å². The minimum Gasteiger partial charge on any atom is -0.489 e. The van der Waals surface area contributed by atoms with Crippen molar-refractivity contribution in [2.45, 2.75) is 13.3 Å². The lowest BCUT2D eigenvalue weighted by Gasteiger charge is -2.09. The molecule has 0 aliphatic rings. The van der Waals surface area contributed by atoms with Crippen LogP contribution in [0.25, 0.3) is 0 Å². The van der Waals surface area contributed by atoms with Crippen molar-refractivity contribution in [1.29, 1.82) is 0 Å². The number of amides is 2. The Balaban J connectivity index is 1.59. The van der Waals surface area contributed by atoms with Crippen molar-refractivity contribution in [1.82, 2.24) is 15.6 Å². The molecule has 0 spiro atoms. The highest BCUT2D eigenvalue weighted by molar-refractivity contribution is 7.09. The Morgan fingerprint density at radius 1 is 1.30 bits per heavy atom. The highest BCUT2D eigenvalue weighted by Crippen LogP contribution is 2.17. The number of aryl methyl sites for hydroxylation is 1. The van der Waals surface area contributed by atoms with Gasteiger partial charge in [-0.3, -0.25) is 0 Å². The Labute approximate surface area is 136 Å². The third kappa shape index (κ3) is 5.82. The number of nitrogens with one attached hydrogen (secondary N) is 2. The lowest BCUT2D eigenvalue weighted by Crippen LogP contribution is -2.38. The maximum atomic E-state index is 13.3. The van der Waals surface area contributed by atoms with Crippen LogP contribution in [0.15, 0.2) is 23.6 Å². The Hall–Kier alpha value is -2.22. The van der Waals surface area contributed by atoms with Gasteiger partial charge in [0.05, 0.1) is 11.6 Å². The van der Waals surface area contributed by atoms with Gasteiger partial charge in [-0.25, -0.2) is 18.6 Å². The standard InChI is InChI=1S/C15H17F2N3O2S/c1-10-9-23-14(20-10)4-5-18-15(21)19-6-7-22-13-3-2-11(16)8-12(13)17/h2-3,8-9H,4-7H2,1H3,(H2,18,19,21). The van der Waals surface area contributed by atoms with E-state index in [2.05, 4.69) is 15.6 Å². The van der Waals surface area contributed by atoms with Crippen LogP contribution in [0.1, 0.15) is 10.7 Å². The minimum atomic E-state index is -0.770. The quantitative estimate of drug-likeness (QED) is 0.761. The SMILES string of the molecule is Cc1csc(CCNC(=O)NCCOc2ccc(F)cc2F)n1. The van der Waals surface area contributed by atoms with E-state index >= 15 is 0 Å². The van der Waals surface area contributed by atoms with E-state index in [1.54, 1.807) is 11.3 Å². The number of hydrogen-bond donors (Lipinski definition) is 2. The molecule has 1 aromatic carbocycles. The molecule has 0 radical (unpaired) electrons. The predicted molar refractivity (Wildman–Crippen MR) is 83.8 cm³/mol. The molecule has 2 amide bonds. The maximum absolute atomic E-state index is 13.3. The van der Waals surface area contributed by atoms with Crippen LogP contribution in [-0.4, -0.2) is 30.7 Å². The largest absolute Gasteiger partial charge is 0.489 e. The van der Waals surface area contributed by atoms with Crippen LogP contribution >= 0.6 is 11.3 Å². The summed E-state index contributed by atoms with van der Waals surface area (Å²) in [4.78, 5) is 15.8. The monoisotopic (exact) mass is 341 g/mol. The van der Waals surface area contributed by atoms with Crippen molar-refractivity contribution in [3.05, 3.63) is 45.9 Å². The molecule has 0 saturated carbocycles. The van der Waals surface area contributed by atoms with Gasteiger partial charge in [0.25, 0.3) is 0 Å². The van der Waals surface area contributed by atoms with Gasteiger partial charge in [-0.15, -0.1) is 11.3 Å². The molecule has 0 unspecified atom stereocenters. The second-order valence-corrected chi connectivity index (χ2v) is 5.68. The molecule has 1 aromatic heterocycles. The summed E-state index contributed by atoms with van der Waals surface area (Å²) in [5.74, 6) is -1.48. The van der Waals surface area contributed by atoms with Crippen molar-refractivity contribution in [3.63, 3.8) is 0 Å². The number of rotatable bonds is 7. The van der Waals surface area contributed by atoms with Gasteiger partial charge in [-0.05, 0) is 19.1 Å². The number of ether oxygens (including phenoxy) is 1. The molecule has 23 heavy (non-hydrogen) atoms. The topological polar surface area (TPSA) is 63.2 Å². The predicted octanol–water partition coefficient (Wildman–Crippen LogP) is 2.65. The summed E-state index contributed by atoms with van der Waals surface area (Å²) < 4.78 is 31.1. The molecule has 0 bridgehead atoms. The zero-order valence-corrected chi connectivity index (χ0v) is 13.4. The van der Waals surface area contributed by atoms with Crippen LogP contribution in [0.5, 0.6) is 5.75 Å². The van der Waals surface area contributed by atoms with Gasteiger partial charge in [0.2, 0.25) is 0 Å². The smallest absolute Gasteiger partial charge is 0.314 e. The van der Waals surface area contributed by atoms with E-state index in [1.165, 1.54) is 6.07 Å². The van der Waals surface area contributed by atoms with Gasteiger partial charge >= 0.3 is 6.03 Å². The minimum absolute atomic E-state index is 0.0484. The molecular weight excluding hydrogens is 324 g/mol. The molecule has 8 heteroatoms. The fourth-order valence-electron chi connectivity index (χ4n) is 1.78. The Morgan fingerprint density at radius 2 is 2.09 bits per heavy atom. The van der Waals surface area contributed by atoms with E-state index in [0.717, 1.165) is 22.8 Å². The molecule has 1 heterocycles. The van der Waals surface area contributed by atoms with Crippen LogP contribution in [0.2, 0.25) is 0 Å². The summed E-state index contributed by atoms with van der Waals surface area (Å²) in [5.41, 5.74) is 0.972. The molecule has 2 aromatic rings. The molecule has 0 fully saturated rings. The zero-order valence-electron chi connectivity index (χ0n) is 12.6. The Bertz CT molecular complexity index is 664. The number of carbonyl (C=O) groups is 1. The van der Waals surface area contributed by atoms with Gasteiger partial charge in [0, 0.05) is 30.1 Å². The van der Waals surface area contributed by atoms with Crippen LogP contribution in [0.3, 0.4) is 0 Å². The van der Waals surface area contributed by atoms with Crippen molar-refractivity contribution >= 4 is 17.4 Å². The van der Waals surface area contributed by atoms with Gasteiger partial charge in [0.15, 0.2) is 11.6 Å². The zero-order chi connectivity index (χ0) is 16.7. The third-order valence-electron chi connectivity index (χ3n) is 2.83. The second kappa shape index (κ2) is 8.42. The lowest BCUT2D eigenvalue weighted by molar-refractivity contribution is 0.236. The summed E-state index contributed by atoms with van der Waals surface area (Å²) in [6.07, 6.45) is 0.670. The maximum Gasteiger partial charge on any atom is 0.314 e. The second-order valence-electron chi connectivity index (χ2n) is 4.74. The summed E-state index contributed by atoms with van der Waals surface area (Å²) >= 11 is 1.56. The number of benzene rings is 1. The fraction of sp³-hybridized carbons (Fsp3) is 0.333. The summed E-state index contributed by atoms with van der Waals surface area (Å²) in [7, 11) is 0. The first-order valence-electron chi connectivity index (χ1n) is 7.05. The molecule has 124 valence electrons. The average Bonchev–Trinajstić information content (AvgIpc) is 2.91. The molecule has 5 nitrogen and oxygen atoms in total. The molecular formula is C15H17F2N3O2S. The summed E-state index contributed by atoms with van der Waals surface area (Å²) in [6, 6.07) is 2.73. The molecule has 0 aliphatic heterocycles. The van der Waals surface area contributed by atoms with E-state index in [-0.39, 0.29) is 24.9 Å². The van der Waals surface area contributed by atoms with Crippen LogP contribution in [-0.2, 0) is 6.42 Å². The van der Waals surface area contributed by atoms with Gasteiger partial charge < -0.3 is 15.4 Å². The molecule has 0 atom stereocenters. The third-order valence-corrected chi connectivity index (χ3v) is 3.86. The highest BCUT2D eigenvalue weighted by Gasteiger charge is 2.05. The van der Waals surface area contributed by atoms with Crippen LogP contribution < -0.4 is 15.4 Å². The first-order valence-corrected chi connectivity index (χ1v) is 7.93. The Kier molecular flexibility index (Phi) is 6.28. The number of carbonyl (C=O) groups excluding carboxylic acids is 1. The average molecular weight is 341 g/mol. The fourth-order valence-corrected chi connectivity index (χ4v) is 2.56.